The third-order valence-electron chi connectivity index (χ3n) is 1.77. The smallest absolute Gasteiger partial charge is 0.407 e. The quantitative estimate of drug-likeness (QED) is 0.489. The molecule has 1 saturated heterocycles. The van der Waals surface area contributed by atoms with Crippen molar-refractivity contribution in [3.05, 3.63) is 0 Å². The molecule has 1 N–H and O–H groups in total. The fraction of sp³-hybridized carbons (Fsp3) is 0.800. The summed E-state index contributed by atoms with van der Waals surface area (Å²) in [6.45, 7) is 0. The molecule has 0 aromatic heterocycles. The highest BCUT2D eigenvalue weighted by atomic mass is 16.6. The molecule has 2 rings (SSSR count). The van der Waals surface area contributed by atoms with Crippen molar-refractivity contribution in [1.29, 1.82) is 0 Å². The predicted octanol–water partition coefficient (Wildman–Crippen LogP) is 0.257. The zero-order valence-corrected chi connectivity index (χ0v) is 4.39. The van der Waals surface area contributed by atoms with Gasteiger partial charge in [-0.15, -0.1) is 0 Å². The lowest BCUT2D eigenvalue weighted by atomic mass is 9.90. The molecule has 0 aromatic rings. The molecule has 0 radical (unpaired) electrons. The number of rotatable bonds is 0. The lowest BCUT2D eigenvalue weighted by molar-refractivity contribution is 0.0896. The van der Waals surface area contributed by atoms with Crippen LogP contribution in [0.3, 0.4) is 0 Å². The molecule has 2 aliphatic rings. The summed E-state index contributed by atoms with van der Waals surface area (Å²) in [5.41, 5.74) is 0. The molecule has 1 heterocycles. The molecule has 8 heavy (non-hydrogen) atoms. The van der Waals surface area contributed by atoms with Gasteiger partial charge in [-0.25, -0.2) is 4.79 Å². The molecule has 0 aromatic carbocycles. The van der Waals surface area contributed by atoms with Gasteiger partial charge in [0.05, 0.1) is 6.04 Å². The second kappa shape index (κ2) is 1.16. The van der Waals surface area contributed by atoms with E-state index in [-0.39, 0.29) is 12.2 Å². The van der Waals surface area contributed by atoms with Crippen LogP contribution < -0.4 is 5.32 Å². The summed E-state index contributed by atoms with van der Waals surface area (Å²) < 4.78 is 4.81. The first kappa shape index (κ1) is 4.18. The minimum absolute atomic E-state index is 0.211. The Labute approximate surface area is 47.0 Å². The van der Waals surface area contributed by atoms with Crippen LogP contribution >= 0.6 is 0 Å². The van der Waals surface area contributed by atoms with Gasteiger partial charge < -0.3 is 10.1 Å². The number of alkyl carbamates (subject to hydrolysis) is 1. The van der Waals surface area contributed by atoms with Crippen LogP contribution in [0.15, 0.2) is 0 Å². The minimum Gasteiger partial charge on any atom is -0.444 e. The van der Waals surface area contributed by atoms with Gasteiger partial charge in [0.2, 0.25) is 0 Å². The summed E-state index contributed by atoms with van der Waals surface area (Å²) in [5.74, 6) is 0. The van der Waals surface area contributed by atoms with Crippen molar-refractivity contribution in [1.82, 2.24) is 5.32 Å². The van der Waals surface area contributed by atoms with E-state index in [1.165, 1.54) is 0 Å². The largest absolute Gasteiger partial charge is 0.444 e. The molecule has 2 atom stereocenters. The Balaban J connectivity index is 2.10. The maximum absolute atomic E-state index is 10.4. The van der Waals surface area contributed by atoms with Crippen molar-refractivity contribution in [2.45, 2.75) is 25.0 Å². The van der Waals surface area contributed by atoms with Crippen LogP contribution in [-0.4, -0.2) is 18.2 Å². The van der Waals surface area contributed by atoms with E-state index < -0.39 is 0 Å². The molecule has 1 aliphatic carbocycles. The topological polar surface area (TPSA) is 38.3 Å². The molecule has 0 unspecified atom stereocenters. The van der Waals surface area contributed by atoms with Crippen molar-refractivity contribution in [3.63, 3.8) is 0 Å². The number of amides is 1. The zero-order chi connectivity index (χ0) is 5.56. The lowest BCUT2D eigenvalue weighted by Gasteiger charge is -2.25. The lowest BCUT2D eigenvalue weighted by Crippen LogP contribution is -2.40. The average Bonchev–Trinajstić information content (AvgIpc) is 1.91. The summed E-state index contributed by atoms with van der Waals surface area (Å²) in [7, 11) is 0. The Morgan fingerprint density at radius 2 is 2.50 bits per heavy atom. The summed E-state index contributed by atoms with van der Waals surface area (Å²) in [4.78, 5) is 10.4. The summed E-state index contributed by atoms with van der Waals surface area (Å²) in [5, 5.41) is 2.69. The molecule has 0 bridgehead atoms. The van der Waals surface area contributed by atoms with Gasteiger partial charge in [-0.05, 0) is 12.8 Å². The van der Waals surface area contributed by atoms with Crippen LogP contribution in [0, 0.1) is 0 Å². The van der Waals surface area contributed by atoms with Crippen LogP contribution in [0.1, 0.15) is 12.8 Å². The van der Waals surface area contributed by atoms with E-state index in [0.29, 0.717) is 6.04 Å². The van der Waals surface area contributed by atoms with E-state index in [2.05, 4.69) is 5.32 Å². The Kier molecular flexibility index (Phi) is 0.604. The summed E-state index contributed by atoms with van der Waals surface area (Å²) >= 11 is 0. The number of hydrogen-bond donors (Lipinski definition) is 1. The molecular formula is C5H7NO2. The van der Waals surface area contributed by atoms with Gasteiger partial charge in [-0.1, -0.05) is 0 Å². The van der Waals surface area contributed by atoms with Gasteiger partial charge in [-0.3, -0.25) is 0 Å². The number of nitrogens with one attached hydrogen (secondary N) is 1. The van der Waals surface area contributed by atoms with Crippen LogP contribution in [0.4, 0.5) is 4.79 Å². The standard InChI is InChI=1S/C5H7NO2/c7-5-6-3-1-2-4(3)8-5/h3-4H,1-2H2,(H,6,7)/t3-,4-/m0/s1. The van der Waals surface area contributed by atoms with Crippen molar-refractivity contribution in [2.75, 3.05) is 0 Å². The van der Waals surface area contributed by atoms with Gasteiger partial charge in [0.15, 0.2) is 0 Å². The Bertz CT molecular complexity index is 120. The Morgan fingerprint density at radius 1 is 1.62 bits per heavy atom. The highest BCUT2D eigenvalue weighted by molar-refractivity contribution is 5.70. The number of carbonyl (C=O) groups excluding carboxylic acids is 1. The number of hydrogen-bond acceptors (Lipinski definition) is 2. The first-order valence-electron chi connectivity index (χ1n) is 2.83. The summed E-state index contributed by atoms with van der Waals surface area (Å²) in [6.07, 6.45) is 2.11. The van der Waals surface area contributed by atoms with Crippen molar-refractivity contribution in [3.8, 4) is 0 Å². The van der Waals surface area contributed by atoms with E-state index in [1.54, 1.807) is 0 Å². The highest BCUT2D eigenvalue weighted by Crippen LogP contribution is 2.27. The van der Waals surface area contributed by atoms with Gasteiger partial charge in [-0.2, -0.15) is 0 Å². The normalized spacial score (nSPS) is 41.8. The molecule has 1 saturated carbocycles. The van der Waals surface area contributed by atoms with E-state index in [9.17, 15) is 4.79 Å². The molecule has 3 nitrogen and oxygen atoms in total. The van der Waals surface area contributed by atoms with Crippen LogP contribution in [0.5, 0.6) is 0 Å². The Morgan fingerprint density at radius 3 is 2.75 bits per heavy atom. The van der Waals surface area contributed by atoms with Gasteiger partial charge >= 0.3 is 6.09 Å². The Hall–Kier alpha value is -0.730. The summed E-state index contributed by atoms with van der Waals surface area (Å²) in [6, 6.07) is 0.350. The SMILES string of the molecule is O=C1N[C@H]2CC[C@@H]2O1. The highest BCUT2D eigenvalue weighted by Gasteiger charge is 2.40. The second-order valence-corrected chi connectivity index (χ2v) is 2.27. The monoisotopic (exact) mass is 113 g/mol. The third-order valence-corrected chi connectivity index (χ3v) is 1.77. The number of ether oxygens (including phenoxy) is 1. The van der Waals surface area contributed by atoms with Gasteiger partial charge in [0, 0.05) is 0 Å². The maximum atomic E-state index is 10.4. The van der Waals surface area contributed by atoms with Gasteiger partial charge in [0.1, 0.15) is 6.10 Å². The molecule has 1 amide bonds. The average molecular weight is 113 g/mol. The molecule has 3 heteroatoms. The maximum Gasteiger partial charge on any atom is 0.407 e. The van der Waals surface area contributed by atoms with Crippen molar-refractivity contribution in [2.24, 2.45) is 0 Å². The van der Waals surface area contributed by atoms with E-state index in [4.69, 9.17) is 4.74 Å². The zero-order valence-electron chi connectivity index (χ0n) is 4.39. The first-order valence-corrected chi connectivity index (χ1v) is 2.83. The van der Waals surface area contributed by atoms with Crippen LogP contribution in [-0.2, 0) is 4.74 Å². The first-order chi connectivity index (χ1) is 3.86. The van der Waals surface area contributed by atoms with Gasteiger partial charge in [0.25, 0.3) is 0 Å². The van der Waals surface area contributed by atoms with Crippen molar-refractivity contribution >= 4 is 6.09 Å². The fourth-order valence-corrected chi connectivity index (χ4v) is 1.10. The molecule has 1 aliphatic heterocycles. The van der Waals surface area contributed by atoms with E-state index in [0.717, 1.165) is 12.8 Å². The number of carbonyl (C=O) groups is 1. The van der Waals surface area contributed by atoms with E-state index >= 15 is 0 Å². The molecular weight excluding hydrogens is 106 g/mol. The second-order valence-electron chi connectivity index (χ2n) is 2.27. The molecule has 0 spiro atoms. The fourth-order valence-electron chi connectivity index (χ4n) is 1.10. The minimum atomic E-state index is -0.238. The van der Waals surface area contributed by atoms with Crippen LogP contribution in [0.2, 0.25) is 0 Å². The van der Waals surface area contributed by atoms with E-state index in [1.807, 2.05) is 0 Å². The van der Waals surface area contributed by atoms with Crippen LogP contribution in [0.25, 0.3) is 0 Å². The number of fused-ring (bicyclic) bond motifs is 1. The van der Waals surface area contributed by atoms with Crippen molar-refractivity contribution < 1.29 is 9.53 Å². The molecule has 44 valence electrons. The molecule has 2 fully saturated rings. The predicted molar refractivity (Wildman–Crippen MR) is 26.4 cm³/mol. The third kappa shape index (κ3) is 0.363.